The number of fused-ring (bicyclic) bond motifs is 3. The minimum atomic E-state index is -0.707. The number of benzene rings is 1. The largest absolute Gasteiger partial charge is 0.465 e. The summed E-state index contributed by atoms with van der Waals surface area (Å²) < 4.78 is 0. The summed E-state index contributed by atoms with van der Waals surface area (Å²) in [6.07, 6.45) is 6.10. The highest BCUT2D eigenvalue weighted by Crippen LogP contribution is 2.40. The van der Waals surface area contributed by atoms with Crippen LogP contribution in [0.4, 0.5) is 4.79 Å². The lowest BCUT2D eigenvalue weighted by molar-refractivity contribution is -0.0167. The minimum absolute atomic E-state index is 0.143. The van der Waals surface area contributed by atoms with Crippen LogP contribution in [-0.2, 0) is 0 Å². The van der Waals surface area contributed by atoms with E-state index in [1.165, 1.54) is 12.0 Å². The molecule has 0 radical (unpaired) electrons. The monoisotopic (exact) mass is 328 g/mol. The maximum atomic E-state index is 12.3. The van der Waals surface area contributed by atoms with Crippen molar-refractivity contribution in [3.63, 3.8) is 0 Å². The van der Waals surface area contributed by atoms with Gasteiger partial charge in [-0.1, -0.05) is 43.2 Å². The van der Waals surface area contributed by atoms with E-state index in [0.717, 1.165) is 51.7 Å². The van der Waals surface area contributed by atoms with Crippen LogP contribution in [0, 0.1) is 5.92 Å². The van der Waals surface area contributed by atoms with Crippen LogP contribution in [0.5, 0.6) is 0 Å². The molecule has 1 amide bonds. The van der Waals surface area contributed by atoms with Crippen molar-refractivity contribution in [1.29, 1.82) is 0 Å². The van der Waals surface area contributed by atoms with Crippen LogP contribution in [-0.4, -0.2) is 52.7 Å². The topological polar surface area (TPSA) is 43.8 Å². The van der Waals surface area contributed by atoms with Crippen molar-refractivity contribution in [3.05, 3.63) is 35.9 Å². The third kappa shape index (κ3) is 2.92. The number of hydrogen-bond acceptors (Lipinski definition) is 2. The zero-order valence-electron chi connectivity index (χ0n) is 14.3. The summed E-state index contributed by atoms with van der Waals surface area (Å²) in [7, 11) is 0. The van der Waals surface area contributed by atoms with Crippen LogP contribution < -0.4 is 0 Å². The van der Waals surface area contributed by atoms with Crippen molar-refractivity contribution < 1.29 is 9.90 Å². The first kappa shape index (κ1) is 15.9. The number of carboxylic acid groups (broad SMARTS) is 1. The number of amides is 1. The zero-order valence-corrected chi connectivity index (χ0v) is 14.3. The van der Waals surface area contributed by atoms with Gasteiger partial charge in [0, 0.05) is 18.5 Å². The molecule has 130 valence electrons. The molecule has 4 aliphatic rings. The lowest BCUT2D eigenvalue weighted by Crippen LogP contribution is -2.62. The van der Waals surface area contributed by atoms with Gasteiger partial charge in [-0.25, -0.2) is 4.79 Å². The Kier molecular flexibility index (Phi) is 4.49. The van der Waals surface area contributed by atoms with Crippen LogP contribution in [0.2, 0.25) is 0 Å². The molecule has 0 aromatic heterocycles. The molecule has 1 aromatic rings. The van der Waals surface area contributed by atoms with E-state index in [0.29, 0.717) is 11.8 Å². The van der Waals surface area contributed by atoms with E-state index in [1.54, 1.807) is 0 Å². The molecule has 3 heterocycles. The summed E-state index contributed by atoms with van der Waals surface area (Å²) in [6.45, 7) is 3.25. The van der Waals surface area contributed by atoms with Gasteiger partial charge in [-0.2, -0.15) is 0 Å². The lowest BCUT2D eigenvalue weighted by atomic mass is 9.76. The van der Waals surface area contributed by atoms with Gasteiger partial charge in [0.05, 0.1) is 6.04 Å². The molecule has 0 spiro atoms. The molecular formula is C20H28N2O2. The third-order valence-electron chi connectivity index (χ3n) is 6.51. The second-order valence-electron chi connectivity index (χ2n) is 7.76. The molecule has 3 aliphatic heterocycles. The van der Waals surface area contributed by atoms with Crippen molar-refractivity contribution in [2.24, 2.45) is 5.92 Å². The van der Waals surface area contributed by atoms with E-state index < -0.39 is 6.09 Å². The van der Waals surface area contributed by atoms with E-state index in [9.17, 15) is 9.90 Å². The Morgan fingerprint density at radius 1 is 1.00 bits per heavy atom. The summed E-state index contributed by atoms with van der Waals surface area (Å²) >= 11 is 0. The molecule has 1 aromatic carbocycles. The standard InChI is InChI=1S/C20H28N2O2/c23-20(24)22(19-14-21-12-10-16(19)11-13-21)18-9-5-4-8-17(18)15-6-2-1-3-7-15/h1-3,6-7,16-19H,4-5,8-14H2,(H,23,24)/t17-,18+,19?/m0/s1. The van der Waals surface area contributed by atoms with E-state index in [-0.39, 0.29) is 12.1 Å². The molecule has 2 bridgehead atoms. The molecule has 24 heavy (non-hydrogen) atoms. The molecule has 1 unspecified atom stereocenters. The number of nitrogens with zero attached hydrogens (tertiary/aromatic N) is 2. The Bertz CT molecular complexity index is 568. The summed E-state index contributed by atoms with van der Waals surface area (Å²) in [5.41, 5.74) is 1.31. The van der Waals surface area contributed by atoms with Gasteiger partial charge in [0.15, 0.2) is 0 Å². The minimum Gasteiger partial charge on any atom is -0.465 e. The Morgan fingerprint density at radius 2 is 1.71 bits per heavy atom. The number of rotatable bonds is 3. The van der Waals surface area contributed by atoms with Crippen LogP contribution >= 0.6 is 0 Å². The molecule has 1 aliphatic carbocycles. The van der Waals surface area contributed by atoms with E-state index in [4.69, 9.17) is 0 Å². The maximum Gasteiger partial charge on any atom is 0.407 e. The summed E-state index contributed by atoms with van der Waals surface area (Å²) in [4.78, 5) is 16.6. The fourth-order valence-electron chi connectivity index (χ4n) is 5.31. The van der Waals surface area contributed by atoms with Gasteiger partial charge in [0.2, 0.25) is 0 Å². The smallest absolute Gasteiger partial charge is 0.407 e. The predicted octanol–water partition coefficient (Wildman–Crippen LogP) is 3.79. The molecule has 1 saturated carbocycles. The number of hydrogen-bond donors (Lipinski definition) is 1. The number of piperidine rings is 3. The van der Waals surface area contributed by atoms with E-state index in [2.05, 4.69) is 29.2 Å². The zero-order chi connectivity index (χ0) is 16.5. The molecule has 1 N–H and O–H groups in total. The van der Waals surface area contributed by atoms with Crippen LogP contribution in [0.15, 0.2) is 30.3 Å². The maximum absolute atomic E-state index is 12.3. The quantitative estimate of drug-likeness (QED) is 0.918. The first-order chi connectivity index (χ1) is 11.7. The van der Waals surface area contributed by atoms with Gasteiger partial charge >= 0.3 is 6.09 Å². The van der Waals surface area contributed by atoms with Gasteiger partial charge in [-0.05, 0) is 50.3 Å². The number of carbonyl (C=O) groups is 1. The second kappa shape index (κ2) is 6.75. The molecule has 5 rings (SSSR count). The summed E-state index contributed by atoms with van der Waals surface area (Å²) in [6, 6.07) is 10.9. The summed E-state index contributed by atoms with van der Waals surface area (Å²) in [5, 5.41) is 10.1. The van der Waals surface area contributed by atoms with E-state index in [1.807, 2.05) is 11.0 Å². The van der Waals surface area contributed by atoms with Crippen molar-refractivity contribution in [3.8, 4) is 0 Å². The second-order valence-corrected chi connectivity index (χ2v) is 7.76. The van der Waals surface area contributed by atoms with Gasteiger partial charge in [0.25, 0.3) is 0 Å². The molecule has 3 saturated heterocycles. The highest BCUT2D eigenvalue weighted by Gasteiger charge is 2.44. The Hall–Kier alpha value is -1.55. The molecule has 4 nitrogen and oxygen atoms in total. The Balaban J connectivity index is 1.62. The molecule has 4 fully saturated rings. The average molecular weight is 328 g/mol. The Morgan fingerprint density at radius 3 is 2.33 bits per heavy atom. The molecule has 4 heteroatoms. The van der Waals surface area contributed by atoms with Crippen LogP contribution in [0.1, 0.15) is 50.0 Å². The van der Waals surface area contributed by atoms with Gasteiger partial charge < -0.3 is 14.9 Å². The Labute approximate surface area is 144 Å². The molecule has 3 atom stereocenters. The van der Waals surface area contributed by atoms with Gasteiger partial charge in [0.1, 0.15) is 0 Å². The highest BCUT2D eigenvalue weighted by atomic mass is 16.4. The molecular weight excluding hydrogens is 300 g/mol. The normalized spacial score (nSPS) is 35.6. The van der Waals surface area contributed by atoms with Crippen molar-refractivity contribution in [2.75, 3.05) is 19.6 Å². The van der Waals surface area contributed by atoms with E-state index >= 15 is 0 Å². The fraction of sp³-hybridized carbons (Fsp3) is 0.650. The van der Waals surface area contributed by atoms with Gasteiger partial charge in [-0.15, -0.1) is 0 Å². The van der Waals surface area contributed by atoms with Crippen LogP contribution in [0.3, 0.4) is 0 Å². The predicted molar refractivity (Wildman–Crippen MR) is 94.3 cm³/mol. The average Bonchev–Trinajstić information content (AvgIpc) is 2.64. The van der Waals surface area contributed by atoms with Crippen molar-refractivity contribution in [2.45, 2.75) is 56.5 Å². The highest BCUT2D eigenvalue weighted by molar-refractivity contribution is 5.66. The third-order valence-corrected chi connectivity index (χ3v) is 6.51. The fourth-order valence-corrected chi connectivity index (χ4v) is 5.31. The summed E-state index contributed by atoms with van der Waals surface area (Å²) in [5.74, 6) is 0.913. The van der Waals surface area contributed by atoms with Crippen LogP contribution in [0.25, 0.3) is 0 Å². The first-order valence-electron chi connectivity index (χ1n) is 9.52. The lowest BCUT2D eigenvalue weighted by Gasteiger charge is -2.52. The van der Waals surface area contributed by atoms with Gasteiger partial charge in [-0.3, -0.25) is 0 Å². The van der Waals surface area contributed by atoms with Crippen molar-refractivity contribution >= 4 is 6.09 Å². The SMILES string of the molecule is O=C(O)N(C1CN2CCC1CC2)[C@@H]1CCCC[C@H]1c1ccccc1. The van der Waals surface area contributed by atoms with Crippen molar-refractivity contribution in [1.82, 2.24) is 9.80 Å². The first-order valence-corrected chi connectivity index (χ1v) is 9.52.